The number of carbonyl (C=O) groups excluding carboxylic acids is 3. The fourth-order valence-corrected chi connectivity index (χ4v) is 5.49. The van der Waals surface area contributed by atoms with Crippen LogP contribution in [0, 0.1) is 22.9 Å². The van der Waals surface area contributed by atoms with Crippen LogP contribution in [0.15, 0.2) is 104 Å². The summed E-state index contributed by atoms with van der Waals surface area (Å²) in [4.78, 5) is 36.7. The lowest BCUT2D eigenvalue weighted by Gasteiger charge is -2.12. The second-order valence-corrected chi connectivity index (χ2v) is 12.4. The highest BCUT2D eigenvalue weighted by molar-refractivity contribution is 5.97. The van der Waals surface area contributed by atoms with Gasteiger partial charge in [0.15, 0.2) is 11.6 Å². The molecule has 0 aliphatic carbocycles. The Balaban J connectivity index is 1.10. The molecule has 0 aliphatic rings. The van der Waals surface area contributed by atoms with Crippen molar-refractivity contribution in [2.75, 3.05) is 13.2 Å². The van der Waals surface area contributed by atoms with Crippen LogP contribution < -0.4 is 14.2 Å². The second kappa shape index (κ2) is 19.5. The van der Waals surface area contributed by atoms with Gasteiger partial charge in [-0.2, -0.15) is 0 Å². The van der Waals surface area contributed by atoms with E-state index < -0.39 is 35.4 Å². The van der Waals surface area contributed by atoms with Crippen molar-refractivity contribution in [3.63, 3.8) is 0 Å². The van der Waals surface area contributed by atoms with Crippen molar-refractivity contribution in [2.24, 2.45) is 0 Å². The molecule has 0 atom stereocenters. The number of rotatable bonds is 18. The molecule has 0 heterocycles. The molecule has 282 valence electrons. The number of aryl methyl sites for hydroxylation is 1. The molecule has 0 radical (unpaired) electrons. The van der Waals surface area contributed by atoms with Gasteiger partial charge in [0.05, 0.1) is 30.8 Å². The van der Waals surface area contributed by atoms with Gasteiger partial charge in [0, 0.05) is 12.3 Å². The molecule has 0 bridgehead atoms. The molecular weight excluding hydrogens is 711 g/mol. The smallest absolute Gasteiger partial charge is 0.343 e. The van der Waals surface area contributed by atoms with Gasteiger partial charge in [0.25, 0.3) is 0 Å². The first kappa shape index (κ1) is 39.7. The Hall–Kier alpha value is -6.49. The van der Waals surface area contributed by atoms with Crippen LogP contribution in [0.3, 0.4) is 0 Å². The summed E-state index contributed by atoms with van der Waals surface area (Å²) in [6, 6.07) is 23.4. The van der Waals surface area contributed by atoms with Crippen molar-refractivity contribution in [2.45, 2.75) is 38.5 Å². The molecule has 1 N–H and O–H groups in total. The van der Waals surface area contributed by atoms with Gasteiger partial charge in [-0.1, -0.05) is 55.1 Å². The van der Waals surface area contributed by atoms with Crippen LogP contribution in [0.5, 0.6) is 17.2 Å². The molecule has 0 aliphatic heterocycles. The maximum Gasteiger partial charge on any atom is 0.343 e. The van der Waals surface area contributed by atoms with Crippen LogP contribution in [0.2, 0.25) is 0 Å². The Kier molecular flexibility index (Phi) is 14.1. The molecule has 0 spiro atoms. The number of benzene rings is 5. The lowest BCUT2D eigenvalue weighted by atomic mass is 10.0. The Morgan fingerprint density at radius 3 is 2.13 bits per heavy atom. The molecular formula is C44H38F3NO7. The highest BCUT2D eigenvalue weighted by atomic mass is 19.2. The Labute approximate surface area is 316 Å². The van der Waals surface area contributed by atoms with E-state index in [2.05, 4.69) is 6.58 Å². The maximum atomic E-state index is 15.4. The van der Waals surface area contributed by atoms with Crippen LogP contribution in [-0.4, -0.2) is 37.3 Å². The van der Waals surface area contributed by atoms with E-state index in [-0.39, 0.29) is 41.0 Å². The summed E-state index contributed by atoms with van der Waals surface area (Å²) in [5.74, 6) is -3.60. The van der Waals surface area contributed by atoms with Crippen molar-refractivity contribution in [1.82, 2.24) is 0 Å². The summed E-state index contributed by atoms with van der Waals surface area (Å²) in [5.41, 5.74) is 1.35. The Morgan fingerprint density at radius 2 is 1.38 bits per heavy atom. The van der Waals surface area contributed by atoms with Gasteiger partial charge in [-0.15, -0.1) is 0 Å². The number of hydrogen-bond acceptors (Lipinski definition) is 8. The number of unbranched alkanes of at least 4 members (excludes halogenated alkanes) is 3. The molecule has 55 heavy (non-hydrogen) atoms. The first-order valence-corrected chi connectivity index (χ1v) is 17.6. The van der Waals surface area contributed by atoms with E-state index in [4.69, 9.17) is 24.4 Å². The molecule has 8 nitrogen and oxygen atoms in total. The molecule has 0 unspecified atom stereocenters. The van der Waals surface area contributed by atoms with Crippen molar-refractivity contribution >= 4 is 47.0 Å². The van der Waals surface area contributed by atoms with Crippen LogP contribution in [0.25, 0.3) is 22.9 Å². The van der Waals surface area contributed by atoms with Crippen LogP contribution in [0.1, 0.15) is 64.7 Å². The number of ether oxygens (including phenoxy) is 4. The molecule has 5 rings (SSSR count). The molecule has 5 aromatic rings. The largest absolute Gasteiger partial charge is 0.494 e. The van der Waals surface area contributed by atoms with Crippen molar-refractivity contribution < 1.29 is 46.5 Å². The standard InChI is InChI=1S/C44H38F3NO7/c1-2-41(49)53-24-6-4-3-5-23-52-36-19-14-32-26-34(13-12-33(32)27-36)44(51)55-40-21-15-31(43(47)37(40)28-48)16-22-42(50)54-35-17-9-29(10-18-35)7-8-30-11-20-38(45)39(46)25-30/h2,7-15,17-21,25-28,48H,1,3-6,16,22-24H2/b8-7+,48-28?. The number of fused-ring (bicyclic) bond motifs is 1. The Bertz CT molecular complexity index is 2220. The zero-order valence-electron chi connectivity index (χ0n) is 29.8. The zero-order valence-corrected chi connectivity index (χ0v) is 29.8. The summed E-state index contributed by atoms with van der Waals surface area (Å²) in [6.07, 6.45) is 8.47. The third-order valence-electron chi connectivity index (χ3n) is 8.45. The zero-order chi connectivity index (χ0) is 39.2. The average Bonchev–Trinajstić information content (AvgIpc) is 3.19. The van der Waals surface area contributed by atoms with Crippen LogP contribution >= 0.6 is 0 Å². The SMILES string of the molecule is C=CC(=O)OCCCCCCOc1ccc2cc(C(=O)Oc3ccc(CCC(=O)Oc4ccc(/C=C/c5ccc(F)c(F)c5)cc4)c(F)c3C=N)ccc2c1. The number of nitrogens with one attached hydrogen (secondary N) is 1. The minimum atomic E-state index is -0.944. The molecule has 5 aromatic carbocycles. The summed E-state index contributed by atoms with van der Waals surface area (Å²) in [6.45, 7) is 4.26. The first-order valence-electron chi connectivity index (χ1n) is 17.6. The number of hydrogen-bond donors (Lipinski definition) is 1. The molecule has 11 heteroatoms. The van der Waals surface area contributed by atoms with Gasteiger partial charge >= 0.3 is 17.9 Å². The van der Waals surface area contributed by atoms with Gasteiger partial charge in [-0.05, 0) is 114 Å². The van der Waals surface area contributed by atoms with E-state index in [1.807, 2.05) is 12.1 Å². The third-order valence-corrected chi connectivity index (χ3v) is 8.45. The average molecular weight is 750 g/mol. The van der Waals surface area contributed by atoms with E-state index in [0.29, 0.717) is 24.5 Å². The van der Waals surface area contributed by atoms with Gasteiger partial charge in [0.1, 0.15) is 23.1 Å². The lowest BCUT2D eigenvalue weighted by molar-refractivity contribution is -0.138. The van der Waals surface area contributed by atoms with Gasteiger partial charge < -0.3 is 24.4 Å². The molecule has 0 fully saturated rings. The quantitative estimate of drug-likeness (QED) is 0.0237. The third kappa shape index (κ3) is 11.5. The molecule has 0 saturated heterocycles. The topological polar surface area (TPSA) is 112 Å². The second-order valence-electron chi connectivity index (χ2n) is 12.4. The fourth-order valence-electron chi connectivity index (χ4n) is 5.49. The Morgan fingerprint density at radius 1 is 0.691 bits per heavy atom. The lowest BCUT2D eigenvalue weighted by Crippen LogP contribution is -2.12. The van der Waals surface area contributed by atoms with Crippen molar-refractivity contribution in [3.05, 3.63) is 149 Å². The predicted octanol–water partition coefficient (Wildman–Crippen LogP) is 9.85. The summed E-state index contributed by atoms with van der Waals surface area (Å²) in [5, 5.41) is 9.40. The van der Waals surface area contributed by atoms with Gasteiger partial charge in [-0.25, -0.2) is 22.8 Å². The summed E-state index contributed by atoms with van der Waals surface area (Å²) >= 11 is 0. The van der Waals surface area contributed by atoms with E-state index in [1.165, 1.54) is 18.2 Å². The van der Waals surface area contributed by atoms with E-state index >= 15 is 4.39 Å². The van der Waals surface area contributed by atoms with Crippen LogP contribution in [-0.2, 0) is 20.7 Å². The summed E-state index contributed by atoms with van der Waals surface area (Å²) < 4.78 is 63.7. The summed E-state index contributed by atoms with van der Waals surface area (Å²) in [7, 11) is 0. The molecule has 0 saturated carbocycles. The minimum absolute atomic E-state index is 0.0276. The molecule has 0 aromatic heterocycles. The number of carbonyl (C=O) groups is 3. The highest BCUT2D eigenvalue weighted by Crippen LogP contribution is 2.27. The van der Waals surface area contributed by atoms with Crippen LogP contribution in [0.4, 0.5) is 13.2 Å². The number of halogens is 3. The highest BCUT2D eigenvalue weighted by Gasteiger charge is 2.18. The first-order chi connectivity index (χ1) is 26.6. The maximum absolute atomic E-state index is 15.4. The van der Waals surface area contributed by atoms with E-state index in [9.17, 15) is 23.2 Å². The normalized spacial score (nSPS) is 11.0. The molecule has 0 amide bonds. The van der Waals surface area contributed by atoms with Crippen molar-refractivity contribution in [1.29, 1.82) is 5.41 Å². The van der Waals surface area contributed by atoms with Crippen molar-refractivity contribution in [3.8, 4) is 17.2 Å². The van der Waals surface area contributed by atoms with Gasteiger partial charge in [0.2, 0.25) is 0 Å². The van der Waals surface area contributed by atoms with E-state index in [0.717, 1.165) is 66.4 Å². The predicted molar refractivity (Wildman–Crippen MR) is 204 cm³/mol. The van der Waals surface area contributed by atoms with Gasteiger partial charge in [-0.3, -0.25) is 4.79 Å². The monoisotopic (exact) mass is 749 g/mol. The fraction of sp³-hybridized carbons (Fsp3) is 0.182. The minimum Gasteiger partial charge on any atom is -0.494 e. The van der Waals surface area contributed by atoms with E-state index in [1.54, 1.807) is 60.7 Å². The number of esters is 3.